The highest BCUT2D eigenvalue weighted by molar-refractivity contribution is 8.14. The molecular formula is C25H29N3O3S. The minimum absolute atomic E-state index is 0.0764. The average molecular weight is 452 g/mol. The molecule has 0 saturated heterocycles. The Labute approximate surface area is 193 Å². The molecule has 1 unspecified atom stereocenters. The zero-order valence-electron chi connectivity index (χ0n) is 19.1. The number of thioether (sulfide) groups is 1. The smallest absolute Gasteiger partial charge is 0.283 e. The van der Waals surface area contributed by atoms with E-state index < -0.39 is 0 Å². The molecule has 0 fully saturated rings. The van der Waals surface area contributed by atoms with Gasteiger partial charge < -0.3 is 10.1 Å². The molecule has 1 N–H and O–H groups in total. The number of anilines is 1. The van der Waals surface area contributed by atoms with Crippen molar-refractivity contribution in [1.29, 1.82) is 0 Å². The lowest BCUT2D eigenvalue weighted by molar-refractivity contribution is -0.119. The first-order chi connectivity index (χ1) is 15.3. The molecule has 1 aliphatic heterocycles. The summed E-state index contributed by atoms with van der Waals surface area (Å²) in [5, 5.41) is 3.45. The zero-order valence-corrected chi connectivity index (χ0v) is 20.0. The van der Waals surface area contributed by atoms with Gasteiger partial charge in [-0.05, 0) is 74.2 Å². The van der Waals surface area contributed by atoms with Crippen molar-refractivity contribution in [3.05, 3.63) is 64.9 Å². The Hall–Kier alpha value is -3.06. The molecule has 2 aromatic carbocycles. The van der Waals surface area contributed by atoms with Crippen molar-refractivity contribution in [3.63, 3.8) is 0 Å². The number of hydrogen-bond donors (Lipinski definition) is 1. The third kappa shape index (κ3) is 5.79. The number of amides is 2. The predicted molar refractivity (Wildman–Crippen MR) is 132 cm³/mol. The Balaban J connectivity index is 1.91. The van der Waals surface area contributed by atoms with Gasteiger partial charge in [0.1, 0.15) is 11.4 Å². The van der Waals surface area contributed by atoms with Crippen LogP contribution >= 0.6 is 11.8 Å². The van der Waals surface area contributed by atoms with Crippen LogP contribution in [0, 0.1) is 13.8 Å². The van der Waals surface area contributed by atoms with Crippen molar-refractivity contribution in [1.82, 2.24) is 5.32 Å². The fraction of sp³-hybridized carbons (Fsp3) is 0.320. The van der Waals surface area contributed by atoms with Crippen molar-refractivity contribution < 1.29 is 14.3 Å². The summed E-state index contributed by atoms with van der Waals surface area (Å²) < 4.78 is 5.20. The van der Waals surface area contributed by atoms with Gasteiger partial charge in [0, 0.05) is 6.04 Å². The molecular weight excluding hydrogens is 422 g/mol. The van der Waals surface area contributed by atoms with Gasteiger partial charge in [0.2, 0.25) is 5.91 Å². The third-order valence-electron chi connectivity index (χ3n) is 5.07. The Morgan fingerprint density at radius 3 is 2.44 bits per heavy atom. The van der Waals surface area contributed by atoms with Crippen LogP contribution in [0.3, 0.4) is 0 Å². The van der Waals surface area contributed by atoms with Gasteiger partial charge in [0.05, 0.1) is 18.6 Å². The molecule has 0 spiro atoms. The van der Waals surface area contributed by atoms with Crippen LogP contribution in [0.25, 0.3) is 6.08 Å². The summed E-state index contributed by atoms with van der Waals surface area (Å²) in [4.78, 5) is 31.9. The molecule has 2 aromatic rings. The number of aliphatic imine (C=N–C) groups is 1. The van der Waals surface area contributed by atoms with Gasteiger partial charge in [-0.3, -0.25) is 14.5 Å². The van der Waals surface area contributed by atoms with E-state index in [1.54, 1.807) is 18.1 Å². The van der Waals surface area contributed by atoms with E-state index in [0.29, 0.717) is 10.9 Å². The summed E-state index contributed by atoms with van der Waals surface area (Å²) in [5.41, 5.74) is 4.04. The number of methoxy groups -OCH3 is 1. The average Bonchev–Trinajstić information content (AvgIpc) is 3.07. The summed E-state index contributed by atoms with van der Waals surface area (Å²) in [5.74, 6) is 0.644. The second kappa shape index (κ2) is 10.5. The van der Waals surface area contributed by atoms with Crippen molar-refractivity contribution >= 4 is 40.5 Å². The quantitative estimate of drug-likeness (QED) is 0.619. The number of carbonyl (C=O) groups is 2. The van der Waals surface area contributed by atoms with Gasteiger partial charge in [-0.1, -0.05) is 36.9 Å². The van der Waals surface area contributed by atoms with Crippen molar-refractivity contribution in [2.75, 3.05) is 17.8 Å². The van der Waals surface area contributed by atoms with Crippen LogP contribution in [0.1, 0.15) is 37.0 Å². The predicted octanol–water partition coefficient (Wildman–Crippen LogP) is 4.70. The fourth-order valence-corrected chi connectivity index (χ4v) is 4.13. The standard InChI is InChI=1S/C25H29N3O3S/c1-6-18(4)26-23(29)15-32-25-27-22(14-19-7-9-21(31-5)10-8-19)24(30)28(25)20-12-16(2)11-17(3)13-20/h7-14,18H,6,15H2,1-5H3,(H,26,29)/b22-14-. The Morgan fingerprint density at radius 2 is 1.84 bits per heavy atom. The lowest BCUT2D eigenvalue weighted by Crippen LogP contribution is -2.35. The normalized spacial score (nSPS) is 15.7. The molecule has 0 saturated carbocycles. The van der Waals surface area contributed by atoms with E-state index >= 15 is 0 Å². The van der Waals surface area contributed by atoms with E-state index in [2.05, 4.69) is 16.4 Å². The monoisotopic (exact) mass is 451 g/mol. The molecule has 3 rings (SSSR count). The molecule has 1 atom stereocenters. The van der Waals surface area contributed by atoms with E-state index in [1.807, 2.05) is 64.1 Å². The van der Waals surface area contributed by atoms with Crippen molar-refractivity contribution in [2.45, 2.75) is 40.2 Å². The molecule has 32 heavy (non-hydrogen) atoms. The first-order valence-corrected chi connectivity index (χ1v) is 11.6. The number of benzene rings is 2. The lowest BCUT2D eigenvalue weighted by Gasteiger charge is -2.19. The van der Waals surface area contributed by atoms with E-state index in [4.69, 9.17) is 4.74 Å². The number of carbonyl (C=O) groups excluding carboxylic acids is 2. The van der Waals surface area contributed by atoms with E-state index in [1.165, 1.54) is 11.8 Å². The number of amidine groups is 1. The molecule has 0 aliphatic carbocycles. The maximum Gasteiger partial charge on any atom is 0.283 e. The molecule has 1 aliphatic rings. The number of ether oxygens (including phenoxy) is 1. The summed E-state index contributed by atoms with van der Waals surface area (Å²) in [6, 6.07) is 13.5. The first-order valence-electron chi connectivity index (χ1n) is 10.6. The Kier molecular flexibility index (Phi) is 7.75. The van der Waals surface area contributed by atoms with Gasteiger partial charge in [0.25, 0.3) is 5.91 Å². The summed E-state index contributed by atoms with van der Waals surface area (Å²) >= 11 is 1.27. The highest BCUT2D eigenvalue weighted by Gasteiger charge is 2.32. The zero-order chi connectivity index (χ0) is 23.3. The second-order valence-corrected chi connectivity index (χ2v) is 8.79. The van der Waals surface area contributed by atoms with Crippen molar-refractivity contribution in [3.8, 4) is 5.75 Å². The summed E-state index contributed by atoms with van der Waals surface area (Å²) in [6.45, 7) is 7.98. The minimum Gasteiger partial charge on any atom is -0.497 e. The molecule has 0 bridgehead atoms. The fourth-order valence-electron chi connectivity index (χ4n) is 3.31. The number of hydrogen-bond acceptors (Lipinski definition) is 5. The third-order valence-corrected chi connectivity index (χ3v) is 6.00. The second-order valence-electron chi connectivity index (χ2n) is 7.85. The molecule has 2 amide bonds. The van der Waals surface area contributed by atoms with Crippen molar-refractivity contribution in [2.24, 2.45) is 4.99 Å². The lowest BCUT2D eigenvalue weighted by atomic mass is 10.1. The van der Waals surface area contributed by atoms with Gasteiger partial charge in [0.15, 0.2) is 5.17 Å². The number of aryl methyl sites for hydroxylation is 2. The minimum atomic E-state index is -0.212. The highest BCUT2D eigenvalue weighted by atomic mass is 32.2. The van der Waals surface area contributed by atoms with Crippen LogP contribution in [0.2, 0.25) is 0 Å². The van der Waals surface area contributed by atoms with Crippen LogP contribution in [-0.4, -0.2) is 35.9 Å². The molecule has 168 valence electrons. The molecule has 0 radical (unpaired) electrons. The van der Waals surface area contributed by atoms with E-state index in [0.717, 1.165) is 34.5 Å². The molecule has 0 aromatic heterocycles. The van der Waals surface area contributed by atoms with Crippen LogP contribution in [0.15, 0.2) is 53.2 Å². The SMILES string of the molecule is CCC(C)NC(=O)CSC1=N/C(=C\c2ccc(OC)cc2)C(=O)N1c1cc(C)cc(C)c1. The maximum atomic E-state index is 13.3. The largest absolute Gasteiger partial charge is 0.497 e. The topological polar surface area (TPSA) is 71.0 Å². The summed E-state index contributed by atoms with van der Waals surface area (Å²) in [6.07, 6.45) is 2.61. The molecule has 6 nitrogen and oxygen atoms in total. The first kappa shape index (κ1) is 23.6. The number of nitrogens with one attached hydrogen (secondary N) is 1. The Morgan fingerprint density at radius 1 is 1.19 bits per heavy atom. The highest BCUT2D eigenvalue weighted by Crippen LogP contribution is 2.31. The van der Waals surface area contributed by atoms with Crippen LogP contribution in [-0.2, 0) is 9.59 Å². The van der Waals surface area contributed by atoms with Gasteiger partial charge in [-0.2, -0.15) is 0 Å². The van der Waals surface area contributed by atoms with Crippen LogP contribution < -0.4 is 15.0 Å². The molecule has 1 heterocycles. The number of nitrogens with zero attached hydrogens (tertiary/aromatic N) is 2. The van der Waals surface area contributed by atoms with Gasteiger partial charge >= 0.3 is 0 Å². The van der Waals surface area contributed by atoms with E-state index in [9.17, 15) is 9.59 Å². The van der Waals surface area contributed by atoms with Gasteiger partial charge in [-0.25, -0.2) is 4.99 Å². The molecule has 7 heteroatoms. The van der Waals surface area contributed by atoms with E-state index in [-0.39, 0.29) is 23.6 Å². The van der Waals surface area contributed by atoms with Gasteiger partial charge in [-0.15, -0.1) is 0 Å². The van der Waals surface area contributed by atoms with Crippen LogP contribution in [0.4, 0.5) is 5.69 Å². The Bertz CT molecular complexity index is 1040. The summed E-state index contributed by atoms with van der Waals surface area (Å²) in [7, 11) is 1.61. The number of rotatable bonds is 7. The van der Waals surface area contributed by atoms with Crippen LogP contribution in [0.5, 0.6) is 5.75 Å². The maximum absolute atomic E-state index is 13.3.